The van der Waals surface area contributed by atoms with Gasteiger partial charge in [0, 0.05) is 24.2 Å². The first-order valence-corrected chi connectivity index (χ1v) is 6.67. The van der Waals surface area contributed by atoms with Gasteiger partial charge in [0.2, 0.25) is 0 Å². The number of nitrogens with zero attached hydrogens (tertiary/aromatic N) is 1. The third kappa shape index (κ3) is 2.73. The number of nitrogens with one attached hydrogen (secondary N) is 1. The van der Waals surface area contributed by atoms with Crippen molar-refractivity contribution in [3.63, 3.8) is 0 Å². The van der Waals surface area contributed by atoms with Crippen molar-refractivity contribution in [2.45, 2.75) is 38.3 Å². The van der Waals surface area contributed by atoms with Crippen LogP contribution >= 0.6 is 0 Å². The lowest BCUT2D eigenvalue weighted by molar-refractivity contribution is 0.0597. The molecule has 3 heteroatoms. The van der Waals surface area contributed by atoms with Crippen molar-refractivity contribution >= 4 is 0 Å². The molecule has 0 atom stereocenters. The van der Waals surface area contributed by atoms with E-state index in [1.165, 1.54) is 19.3 Å². The van der Waals surface area contributed by atoms with Crippen LogP contribution in [0.2, 0.25) is 0 Å². The number of aryl methyl sites for hydroxylation is 1. The largest absolute Gasteiger partial charge is 0.311 e. The third-order valence-electron chi connectivity index (χ3n) is 4.20. The standard InChI is InChI=1S/C15H23FN2/c1-12-5-6-14(16)13(9-12)10-17-11-15(18(2)3)7-4-8-15/h5-6,9,17H,4,7-8,10-11H2,1-3H3. The highest BCUT2D eigenvalue weighted by atomic mass is 19.1. The number of rotatable bonds is 5. The predicted molar refractivity (Wildman–Crippen MR) is 73.1 cm³/mol. The second kappa shape index (κ2) is 5.37. The number of hydrogen-bond donors (Lipinski definition) is 1. The van der Waals surface area contributed by atoms with Crippen LogP contribution < -0.4 is 5.32 Å². The zero-order valence-electron chi connectivity index (χ0n) is 11.6. The van der Waals surface area contributed by atoms with Crippen LogP contribution in [0.3, 0.4) is 0 Å². The van der Waals surface area contributed by atoms with Crippen molar-refractivity contribution in [1.29, 1.82) is 0 Å². The Balaban J connectivity index is 1.90. The first kappa shape index (κ1) is 13.5. The molecule has 1 aromatic carbocycles. The van der Waals surface area contributed by atoms with Gasteiger partial charge in [-0.2, -0.15) is 0 Å². The van der Waals surface area contributed by atoms with Crippen LogP contribution in [0.4, 0.5) is 4.39 Å². The molecule has 2 rings (SSSR count). The minimum atomic E-state index is -0.111. The zero-order valence-corrected chi connectivity index (χ0v) is 11.6. The Morgan fingerprint density at radius 1 is 1.33 bits per heavy atom. The van der Waals surface area contributed by atoms with Crippen molar-refractivity contribution in [2.75, 3.05) is 20.6 Å². The number of hydrogen-bond acceptors (Lipinski definition) is 2. The van der Waals surface area contributed by atoms with Crippen LogP contribution in [0.25, 0.3) is 0 Å². The number of likely N-dealkylation sites (N-methyl/N-ethyl adjacent to an activating group) is 1. The summed E-state index contributed by atoms with van der Waals surface area (Å²) >= 11 is 0. The molecule has 0 radical (unpaired) electrons. The van der Waals surface area contributed by atoms with E-state index in [2.05, 4.69) is 24.3 Å². The zero-order chi connectivity index (χ0) is 13.2. The van der Waals surface area contributed by atoms with Gasteiger partial charge in [-0.3, -0.25) is 0 Å². The lowest BCUT2D eigenvalue weighted by Crippen LogP contribution is -2.56. The predicted octanol–water partition coefficient (Wildman–Crippen LogP) is 2.71. The van der Waals surface area contributed by atoms with E-state index in [0.717, 1.165) is 17.7 Å². The van der Waals surface area contributed by atoms with E-state index in [9.17, 15) is 4.39 Å². The summed E-state index contributed by atoms with van der Waals surface area (Å²) < 4.78 is 13.6. The molecule has 18 heavy (non-hydrogen) atoms. The van der Waals surface area contributed by atoms with Gasteiger partial charge in [0.05, 0.1) is 0 Å². The normalized spacial score (nSPS) is 17.8. The maximum absolute atomic E-state index is 13.6. The fourth-order valence-corrected chi connectivity index (χ4v) is 2.64. The lowest BCUT2D eigenvalue weighted by Gasteiger charge is -2.47. The molecule has 0 heterocycles. The molecule has 1 aromatic rings. The summed E-state index contributed by atoms with van der Waals surface area (Å²) in [6.07, 6.45) is 3.78. The minimum absolute atomic E-state index is 0.111. The van der Waals surface area contributed by atoms with Crippen LogP contribution in [0, 0.1) is 12.7 Å². The van der Waals surface area contributed by atoms with Crippen LogP contribution in [0.15, 0.2) is 18.2 Å². The van der Waals surface area contributed by atoms with Crippen molar-refractivity contribution in [3.05, 3.63) is 35.1 Å². The molecule has 0 amide bonds. The van der Waals surface area contributed by atoms with Crippen LogP contribution in [-0.2, 0) is 6.54 Å². The molecule has 1 fully saturated rings. The molecule has 1 saturated carbocycles. The van der Waals surface area contributed by atoms with Crippen molar-refractivity contribution < 1.29 is 4.39 Å². The SMILES string of the molecule is Cc1ccc(F)c(CNCC2(N(C)C)CCC2)c1. The molecule has 0 bridgehead atoms. The fraction of sp³-hybridized carbons (Fsp3) is 0.600. The second-order valence-corrected chi connectivity index (χ2v) is 5.67. The van der Waals surface area contributed by atoms with E-state index < -0.39 is 0 Å². The maximum atomic E-state index is 13.6. The summed E-state index contributed by atoms with van der Waals surface area (Å²) in [7, 11) is 4.27. The Bertz CT molecular complexity index is 411. The highest BCUT2D eigenvalue weighted by Gasteiger charge is 2.38. The molecule has 0 aromatic heterocycles. The van der Waals surface area contributed by atoms with Gasteiger partial charge in [-0.1, -0.05) is 17.7 Å². The molecule has 1 aliphatic carbocycles. The number of benzene rings is 1. The van der Waals surface area contributed by atoms with Gasteiger partial charge in [-0.05, 0) is 46.3 Å². The molecule has 0 saturated heterocycles. The highest BCUT2D eigenvalue weighted by Crippen LogP contribution is 2.35. The lowest BCUT2D eigenvalue weighted by atomic mass is 9.75. The van der Waals surface area contributed by atoms with Crippen LogP contribution in [0.5, 0.6) is 0 Å². The summed E-state index contributed by atoms with van der Waals surface area (Å²) in [6.45, 7) is 3.55. The molecular weight excluding hydrogens is 227 g/mol. The molecular formula is C15H23FN2. The highest BCUT2D eigenvalue weighted by molar-refractivity contribution is 5.24. The molecule has 2 nitrogen and oxygen atoms in total. The molecule has 0 aliphatic heterocycles. The summed E-state index contributed by atoms with van der Waals surface area (Å²) in [5.41, 5.74) is 2.17. The maximum Gasteiger partial charge on any atom is 0.127 e. The summed E-state index contributed by atoms with van der Waals surface area (Å²) in [5, 5.41) is 3.41. The fourth-order valence-electron chi connectivity index (χ4n) is 2.64. The molecule has 100 valence electrons. The topological polar surface area (TPSA) is 15.3 Å². The smallest absolute Gasteiger partial charge is 0.127 e. The van der Waals surface area contributed by atoms with Crippen LogP contribution in [-0.4, -0.2) is 31.1 Å². The van der Waals surface area contributed by atoms with Gasteiger partial charge in [-0.25, -0.2) is 4.39 Å². The van der Waals surface area contributed by atoms with Gasteiger partial charge in [0.25, 0.3) is 0 Å². The van der Waals surface area contributed by atoms with Gasteiger partial charge < -0.3 is 10.2 Å². The summed E-state index contributed by atoms with van der Waals surface area (Å²) in [5.74, 6) is -0.111. The van der Waals surface area contributed by atoms with E-state index in [1.807, 2.05) is 19.1 Å². The van der Waals surface area contributed by atoms with E-state index in [0.29, 0.717) is 12.1 Å². The number of halogens is 1. The quantitative estimate of drug-likeness (QED) is 0.864. The Hall–Kier alpha value is -0.930. The van der Waals surface area contributed by atoms with Gasteiger partial charge in [0.15, 0.2) is 0 Å². The third-order valence-corrected chi connectivity index (χ3v) is 4.20. The first-order valence-electron chi connectivity index (χ1n) is 6.67. The van der Waals surface area contributed by atoms with Crippen molar-refractivity contribution in [2.24, 2.45) is 0 Å². The van der Waals surface area contributed by atoms with Crippen LogP contribution in [0.1, 0.15) is 30.4 Å². The Morgan fingerprint density at radius 2 is 2.06 bits per heavy atom. The van der Waals surface area contributed by atoms with Crippen molar-refractivity contribution in [3.8, 4) is 0 Å². The van der Waals surface area contributed by atoms with Crippen molar-refractivity contribution in [1.82, 2.24) is 10.2 Å². The second-order valence-electron chi connectivity index (χ2n) is 5.67. The molecule has 0 unspecified atom stereocenters. The van der Waals surface area contributed by atoms with Gasteiger partial charge in [-0.15, -0.1) is 0 Å². The minimum Gasteiger partial charge on any atom is -0.311 e. The summed E-state index contributed by atoms with van der Waals surface area (Å²) in [6, 6.07) is 5.29. The monoisotopic (exact) mass is 250 g/mol. The molecule has 1 N–H and O–H groups in total. The molecule has 1 aliphatic rings. The van der Waals surface area contributed by atoms with Gasteiger partial charge in [0.1, 0.15) is 5.82 Å². The average molecular weight is 250 g/mol. The van der Waals surface area contributed by atoms with Gasteiger partial charge >= 0.3 is 0 Å². The Labute approximate surface area is 109 Å². The Kier molecular flexibility index (Phi) is 4.03. The van der Waals surface area contributed by atoms with E-state index >= 15 is 0 Å². The van der Waals surface area contributed by atoms with E-state index in [1.54, 1.807) is 6.07 Å². The van der Waals surface area contributed by atoms with E-state index in [-0.39, 0.29) is 5.82 Å². The molecule has 0 spiro atoms. The van der Waals surface area contributed by atoms with E-state index in [4.69, 9.17) is 0 Å². The average Bonchev–Trinajstić information content (AvgIpc) is 2.26. The summed E-state index contributed by atoms with van der Waals surface area (Å²) in [4.78, 5) is 2.30. The first-order chi connectivity index (χ1) is 8.53. The Morgan fingerprint density at radius 3 is 2.61 bits per heavy atom.